The van der Waals surface area contributed by atoms with Gasteiger partial charge in [-0.2, -0.15) is 0 Å². The number of aryl methyl sites for hydroxylation is 2. The lowest BCUT2D eigenvalue weighted by atomic mass is 9.93. The van der Waals surface area contributed by atoms with Crippen molar-refractivity contribution in [2.24, 2.45) is 5.73 Å². The standard InChI is InChI=1S/C19H21N.CH3NO2/c1-20-14-6-11-19-17-9-4-2-7-15(17)12-13-16-8-3-5-10-18(16)19;2-1(3)4/h2-5,7-11,20H,6,12-14H2,1H3;2H2,(H,3,4). The fourth-order valence-corrected chi connectivity index (χ4v) is 3.00. The highest BCUT2D eigenvalue weighted by molar-refractivity contribution is 5.83. The monoisotopic (exact) mass is 324 g/mol. The number of hydrogen-bond acceptors (Lipinski definition) is 2. The van der Waals surface area contributed by atoms with Crippen LogP contribution in [-0.2, 0) is 12.8 Å². The molecule has 0 fully saturated rings. The molecule has 2 aromatic rings. The maximum Gasteiger partial charge on any atom is 0.402 e. The predicted molar refractivity (Wildman–Crippen MR) is 98.1 cm³/mol. The van der Waals surface area contributed by atoms with Gasteiger partial charge in [0.05, 0.1) is 0 Å². The van der Waals surface area contributed by atoms with Crippen molar-refractivity contribution < 1.29 is 9.90 Å². The molecule has 1 amide bonds. The molecule has 0 atom stereocenters. The van der Waals surface area contributed by atoms with Gasteiger partial charge in [-0.05, 0) is 60.7 Å². The SMILES string of the molecule is CNCCC=C1c2ccccc2CCc2ccccc21.NC(=O)O. The molecule has 4 N–H and O–H groups in total. The lowest BCUT2D eigenvalue weighted by Crippen LogP contribution is -2.06. The molecule has 1 aliphatic carbocycles. The average molecular weight is 324 g/mol. The van der Waals surface area contributed by atoms with Crippen molar-refractivity contribution in [1.82, 2.24) is 5.32 Å². The molecule has 126 valence electrons. The van der Waals surface area contributed by atoms with Crippen LogP contribution >= 0.6 is 0 Å². The maximum absolute atomic E-state index is 8.78. The zero-order valence-corrected chi connectivity index (χ0v) is 14.0. The zero-order valence-electron chi connectivity index (χ0n) is 14.0. The number of fused-ring (bicyclic) bond motifs is 2. The van der Waals surface area contributed by atoms with Crippen LogP contribution in [0.25, 0.3) is 5.57 Å². The predicted octanol–water partition coefficient (Wildman–Crippen LogP) is 3.45. The summed E-state index contributed by atoms with van der Waals surface area (Å²) in [4.78, 5) is 8.78. The highest BCUT2D eigenvalue weighted by atomic mass is 16.4. The Morgan fingerprint density at radius 3 is 2.00 bits per heavy atom. The Bertz CT molecular complexity index is 670. The Hall–Kier alpha value is -2.59. The molecule has 4 heteroatoms. The molecule has 2 aromatic carbocycles. The highest BCUT2D eigenvalue weighted by Crippen LogP contribution is 2.33. The number of carboxylic acid groups (broad SMARTS) is 1. The molecule has 0 aliphatic heterocycles. The van der Waals surface area contributed by atoms with Crippen molar-refractivity contribution in [3.63, 3.8) is 0 Å². The van der Waals surface area contributed by atoms with Gasteiger partial charge in [0.25, 0.3) is 0 Å². The summed E-state index contributed by atoms with van der Waals surface area (Å²) in [5.41, 5.74) is 11.2. The average Bonchev–Trinajstić information content (AvgIpc) is 2.72. The third-order valence-electron chi connectivity index (χ3n) is 4.02. The normalized spacial score (nSPS) is 12.1. The number of nitrogens with one attached hydrogen (secondary N) is 1. The summed E-state index contributed by atoms with van der Waals surface area (Å²) < 4.78 is 0. The topological polar surface area (TPSA) is 75.3 Å². The molecule has 0 saturated carbocycles. The summed E-state index contributed by atoms with van der Waals surface area (Å²) in [6, 6.07) is 17.7. The van der Waals surface area contributed by atoms with Crippen LogP contribution in [-0.4, -0.2) is 24.8 Å². The van der Waals surface area contributed by atoms with Crippen molar-refractivity contribution in [2.45, 2.75) is 19.3 Å². The molecular weight excluding hydrogens is 300 g/mol. The number of hydrogen-bond donors (Lipinski definition) is 3. The van der Waals surface area contributed by atoms with Crippen LogP contribution in [0.1, 0.15) is 28.7 Å². The summed E-state index contributed by atoms with van der Waals surface area (Å²) in [6.45, 7) is 1.02. The second-order valence-corrected chi connectivity index (χ2v) is 5.66. The van der Waals surface area contributed by atoms with Crippen LogP contribution in [0.2, 0.25) is 0 Å². The lowest BCUT2D eigenvalue weighted by Gasteiger charge is -2.12. The first kappa shape index (κ1) is 17.8. The van der Waals surface area contributed by atoms with Gasteiger partial charge in [-0.25, -0.2) is 4.79 Å². The number of benzene rings is 2. The molecule has 3 rings (SSSR count). The van der Waals surface area contributed by atoms with Gasteiger partial charge in [-0.15, -0.1) is 0 Å². The van der Waals surface area contributed by atoms with Crippen LogP contribution in [0.4, 0.5) is 4.79 Å². The molecule has 1 aliphatic rings. The van der Waals surface area contributed by atoms with Crippen LogP contribution in [0.5, 0.6) is 0 Å². The molecule has 0 radical (unpaired) electrons. The van der Waals surface area contributed by atoms with E-state index >= 15 is 0 Å². The molecule has 24 heavy (non-hydrogen) atoms. The Kier molecular flexibility index (Phi) is 6.58. The van der Waals surface area contributed by atoms with Crippen LogP contribution in [0.3, 0.4) is 0 Å². The number of rotatable bonds is 3. The van der Waals surface area contributed by atoms with E-state index in [1.807, 2.05) is 7.05 Å². The summed E-state index contributed by atoms with van der Waals surface area (Å²) >= 11 is 0. The van der Waals surface area contributed by atoms with Gasteiger partial charge in [0.1, 0.15) is 0 Å². The molecule has 0 saturated heterocycles. The minimum atomic E-state index is -1.33. The third kappa shape index (κ3) is 4.70. The first-order valence-electron chi connectivity index (χ1n) is 8.13. The van der Waals surface area contributed by atoms with Gasteiger partial charge < -0.3 is 16.2 Å². The van der Waals surface area contributed by atoms with E-state index in [1.165, 1.54) is 27.8 Å². The van der Waals surface area contributed by atoms with E-state index < -0.39 is 6.09 Å². The number of nitrogens with two attached hydrogens (primary N) is 1. The molecule has 4 nitrogen and oxygen atoms in total. The summed E-state index contributed by atoms with van der Waals surface area (Å²) in [6.07, 6.45) is 4.39. The molecule has 0 heterocycles. The van der Waals surface area contributed by atoms with Crippen molar-refractivity contribution in [3.8, 4) is 0 Å². The van der Waals surface area contributed by atoms with E-state index in [-0.39, 0.29) is 0 Å². The van der Waals surface area contributed by atoms with E-state index in [2.05, 4.69) is 65.7 Å². The highest BCUT2D eigenvalue weighted by Gasteiger charge is 2.16. The van der Waals surface area contributed by atoms with Crippen molar-refractivity contribution in [1.29, 1.82) is 0 Å². The number of primary amides is 1. The van der Waals surface area contributed by atoms with Gasteiger partial charge in [-0.1, -0.05) is 54.6 Å². The van der Waals surface area contributed by atoms with Crippen molar-refractivity contribution in [3.05, 3.63) is 76.9 Å². The lowest BCUT2D eigenvalue weighted by molar-refractivity contribution is 0.205. The maximum atomic E-state index is 8.78. The second-order valence-electron chi connectivity index (χ2n) is 5.66. The van der Waals surface area contributed by atoms with Crippen LogP contribution in [0.15, 0.2) is 54.6 Å². The fraction of sp³-hybridized carbons (Fsp3) is 0.250. The summed E-state index contributed by atoms with van der Waals surface area (Å²) in [7, 11) is 2.01. The Morgan fingerprint density at radius 1 is 1.08 bits per heavy atom. The smallest absolute Gasteiger partial charge is 0.402 e. The van der Waals surface area contributed by atoms with Gasteiger partial charge in [0.2, 0.25) is 0 Å². The second kappa shape index (κ2) is 8.89. The van der Waals surface area contributed by atoms with E-state index in [1.54, 1.807) is 0 Å². The fourth-order valence-electron chi connectivity index (χ4n) is 3.00. The zero-order chi connectivity index (χ0) is 17.4. The number of carbonyl (C=O) groups is 1. The summed E-state index contributed by atoms with van der Waals surface area (Å²) in [5, 5.41) is 10.4. The minimum Gasteiger partial charge on any atom is -0.465 e. The van der Waals surface area contributed by atoms with E-state index in [0.717, 1.165) is 25.8 Å². The van der Waals surface area contributed by atoms with Crippen LogP contribution < -0.4 is 11.1 Å². The molecule has 0 unspecified atom stereocenters. The van der Waals surface area contributed by atoms with Gasteiger partial charge in [-0.3, -0.25) is 0 Å². The Labute approximate surface area is 143 Å². The van der Waals surface area contributed by atoms with Crippen molar-refractivity contribution >= 4 is 11.7 Å². The molecule has 0 aromatic heterocycles. The molecular formula is C20H24N2O2. The minimum absolute atomic E-state index is 1.02. The van der Waals surface area contributed by atoms with E-state index in [0.29, 0.717) is 0 Å². The third-order valence-corrected chi connectivity index (χ3v) is 4.02. The van der Waals surface area contributed by atoms with Gasteiger partial charge in [0, 0.05) is 0 Å². The largest absolute Gasteiger partial charge is 0.465 e. The Morgan fingerprint density at radius 2 is 1.54 bits per heavy atom. The number of amides is 1. The molecule has 0 spiro atoms. The first-order valence-corrected chi connectivity index (χ1v) is 8.13. The van der Waals surface area contributed by atoms with E-state index in [9.17, 15) is 0 Å². The van der Waals surface area contributed by atoms with Crippen LogP contribution in [0, 0.1) is 0 Å². The summed E-state index contributed by atoms with van der Waals surface area (Å²) in [5.74, 6) is 0. The first-order chi connectivity index (χ1) is 11.6. The molecule has 0 bridgehead atoms. The van der Waals surface area contributed by atoms with E-state index in [4.69, 9.17) is 9.90 Å². The van der Waals surface area contributed by atoms with Crippen molar-refractivity contribution in [2.75, 3.05) is 13.6 Å². The van der Waals surface area contributed by atoms with Gasteiger partial charge in [0.15, 0.2) is 0 Å². The Balaban J connectivity index is 0.000000471. The quantitative estimate of drug-likeness (QED) is 0.757. The van der Waals surface area contributed by atoms with Gasteiger partial charge >= 0.3 is 6.09 Å².